The third kappa shape index (κ3) is 4.71. The van der Waals surface area contributed by atoms with E-state index < -0.39 is 0 Å². The van der Waals surface area contributed by atoms with Crippen molar-refractivity contribution in [3.63, 3.8) is 0 Å². The molecule has 0 spiro atoms. The molecule has 29 heavy (non-hydrogen) atoms. The van der Waals surface area contributed by atoms with Crippen LogP contribution in [-0.4, -0.2) is 29.2 Å². The van der Waals surface area contributed by atoms with Crippen molar-refractivity contribution in [3.8, 4) is 10.6 Å². The van der Waals surface area contributed by atoms with E-state index in [9.17, 15) is 4.79 Å². The van der Waals surface area contributed by atoms with Crippen LogP contribution in [0.3, 0.4) is 0 Å². The Labute approximate surface area is 182 Å². The van der Waals surface area contributed by atoms with Crippen LogP contribution in [0, 0.1) is 5.92 Å². The lowest BCUT2D eigenvalue weighted by molar-refractivity contribution is -0.122. The summed E-state index contributed by atoms with van der Waals surface area (Å²) in [5, 5.41) is 10.9. The fourth-order valence-electron chi connectivity index (χ4n) is 3.84. The van der Waals surface area contributed by atoms with Gasteiger partial charge in [0.1, 0.15) is 0 Å². The number of aromatic amines is 1. The Morgan fingerprint density at radius 2 is 2.10 bits per heavy atom. The average molecular weight is 474 g/mol. The van der Waals surface area contributed by atoms with E-state index in [2.05, 4.69) is 66.7 Å². The largest absolute Gasteiger partial charge is 0.370 e. The quantitative estimate of drug-likeness (QED) is 0.485. The Morgan fingerprint density at radius 1 is 1.28 bits per heavy atom. The van der Waals surface area contributed by atoms with E-state index in [0.29, 0.717) is 6.54 Å². The van der Waals surface area contributed by atoms with E-state index in [1.54, 1.807) is 11.3 Å². The summed E-state index contributed by atoms with van der Waals surface area (Å²) in [5.74, 6) is -0.263. The van der Waals surface area contributed by atoms with Crippen molar-refractivity contribution in [3.05, 3.63) is 57.5 Å². The Hall–Kier alpha value is -2.16. The summed E-state index contributed by atoms with van der Waals surface area (Å²) in [6.45, 7) is 3.12. The van der Waals surface area contributed by atoms with Gasteiger partial charge in [0.25, 0.3) is 0 Å². The Bertz CT molecular complexity index is 985. The van der Waals surface area contributed by atoms with Crippen LogP contribution in [-0.2, 0) is 17.9 Å². The number of aromatic nitrogens is 2. The number of thiophene rings is 1. The molecular formula is C21H24BrN5OS. The van der Waals surface area contributed by atoms with Crippen LogP contribution in [0.4, 0.5) is 5.69 Å². The minimum atomic E-state index is -0.196. The number of primary amides is 1. The predicted molar refractivity (Wildman–Crippen MR) is 121 cm³/mol. The number of para-hydroxylation sites is 1. The molecule has 1 aromatic carbocycles. The number of nitrogens with two attached hydrogens (primary N) is 1. The van der Waals surface area contributed by atoms with Crippen molar-refractivity contribution in [2.75, 3.05) is 18.0 Å². The Balaban J connectivity index is 1.43. The molecule has 0 aliphatic carbocycles. The van der Waals surface area contributed by atoms with Crippen LogP contribution in [0.1, 0.15) is 24.0 Å². The number of nitrogens with one attached hydrogen (secondary N) is 2. The third-order valence-electron chi connectivity index (χ3n) is 5.32. The lowest BCUT2D eigenvalue weighted by atomic mass is 9.96. The second-order valence-electron chi connectivity index (χ2n) is 7.29. The molecule has 1 aliphatic heterocycles. The summed E-state index contributed by atoms with van der Waals surface area (Å²) >= 11 is 5.21. The Kier molecular flexibility index (Phi) is 6.32. The first-order valence-corrected chi connectivity index (χ1v) is 11.3. The zero-order valence-corrected chi connectivity index (χ0v) is 18.4. The molecule has 1 unspecified atom stereocenters. The van der Waals surface area contributed by atoms with Crippen LogP contribution in [0.2, 0.25) is 0 Å². The van der Waals surface area contributed by atoms with E-state index in [0.717, 1.165) is 52.4 Å². The monoisotopic (exact) mass is 473 g/mol. The van der Waals surface area contributed by atoms with Gasteiger partial charge in [-0.25, -0.2) is 0 Å². The van der Waals surface area contributed by atoms with Crippen molar-refractivity contribution < 1.29 is 4.79 Å². The van der Waals surface area contributed by atoms with Crippen LogP contribution in [0.25, 0.3) is 10.6 Å². The number of hydrogen-bond donors (Lipinski definition) is 3. The highest BCUT2D eigenvalue weighted by molar-refractivity contribution is 9.11. The zero-order chi connectivity index (χ0) is 20.2. The van der Waals surface area contributed by atoms with Gasteiger partial charge < -0.3 is 16.0 Å². The van der Waals surface area contributed by atoms with Crippen LogP contribution in [0.15, 0.2) is 46.4 Å². The summed E-state index contributed by atoms with van der Waals surface area (Å²) in [6.07, 6.45) is 3.75. The maximum Gasteiger partial charge on any atom is 0.222 e. The van der Waals surface area contributed by atoms with Gasteiger partial charge >= 0.3 is 0 Å². The van der Waals surface area contributed by atoms with E-state index in [-0.39, 0.29) is 11.8 Å². The molecule has 1 fully saturated rings. The number of rotatable bonds is 7. The van der Waals surface area contributed by atoms with Crippen molar-refractivity contribution in [1.29, 1.82) is 0 Å². The second kappa shape index (κ2) is 9.11. The molecule has 1 atom stereocenters. The average Bonchev–Trinajstić information content (AvgIpc) is 3.37. The van der Waals surface area contributed by atoms with Crippen LogP contribution < -0.4 is 16.0 Å². The van der Waals surface area contributed by atoms with Gasteiger partial charge in [0.15, 0.2) is 0 Å². The van der Waals surface area contributed by atoms with E-state index >= 15 is 0 Å². The highest BCUT2D eigenvalue weighted by Crippen LogP contribution is 2.32. The van der Waals surface area contributed by atoms with Gasteiger partial charge in [0.05, 0.1) is 26.5 Å². The summed E-state index contributed by atoms with van der Waals surface area (Å²) < 4.78 is 1.10. The first-order chi connectivity index (χ1) is 14.1. The number of H-pyrrole nitrogens is 1. The maximum absolute atomic E-state index is 11.6. The number of benzene rings is 1. The third-order valence-corrected chi connectivity index (χ3v) is 6.97. The van der Waals surface area contributed by atoms with Crippen molar-refractivity contribution in [2.45, 2.75) is 25.9 Å². The number of nitrogens with zero attached hydrogens (tertiary/aromatic N) is 2. The molecular weight excluding hydrogens is 450 g/mol. The molecule has 0 saturated carbocycles. The van der Waals surface area contributed by atoms with Gasteiger partial charge in [-0.3, -0.25) is 9.89 Å². The summed E-state index contributed by atoms with van der Waals surface area (Å²) in [6, 6.07) is 12.5. The molecule has 152 valence electrons. The summed E-state index contributed by atoms with van der Waals surface area (Å²) in [5.41, 5.74) is 10.2. The lowest BCUT2D eigenvalue weighted by Gasteiger charge is -2.34. The lowest BCUT2D eigenvalue weighted by Crippen LogP contribution is -2.41. The number of amides is 1. The molecule has 0 bridgehead atoms. The van der Waals surface area contributed by atoms with Crippen molar-refractivity contribution in [2.24, 2.45) is 11.7 Å². The SMILES string of the molecule is NC(=O)C1CCCN(c2ccccc2CNCc2cn[nH]c2-c2ccc(Br)s2)C1. The Morgan fingerprint density at radius 3 is 2.90 bits per heavy atom. The minimum absolute atomic E-state index is 0.0663. The standard InChI is InChI=1S/C21H24BrN5OS/c22-19-8-7-18(29-19)20-16(12-25-26-20)11-24-10-14-4-1-2-6-17(14)27-9-3-5-15(13-27)21(23)28/h1-2,4,6-8,12,15,24H,3,5,9-11,13H2,(H2,23,28)(H,25,26). The second-order valence-corrected chi connectivity index (χ2v) is 9.76. The minimum Gasteiger partial charge on any atom is -0.370 e. The summed E-state index contributed by atoms with van der Waals surface area (Å²) in [7, 11) is 0. The maximum atomic E-state index is 11.6. The van der Waals surface area contributed by atoms with Gasteiger partial charge in [-0.2, -0.15) is 5.10 Å². The molecule has 2 aromatic heterocycles. The number of halogens is 1. The van der Waals surface area contributed by atoms with Gasteiger partial charge in [-0.15, -0.1) is 11.3 Å². The molecule has 1 saturated heterocycles. The highest BCUT2D eigenvalue weighted by atomic mass is 79.9. The molecule has 6 nitrogen and oxygen atoms in total. The number of piperidine rings is 1. The molecule has 1 amide bonds. The molecule has 8 heteroatoms. The molecule has 0 radical (unpaired) electrons. The zero-order valence-electron chi connectivity index (χ0n) is 16.0. The fourth-order valence-corrected chi connectivity index (χ4v) is 5.25. The van der Waals surface area contributed by atoms with Crippen LogP contribution in [0.5, 0.6) is 0 Å². The first kappa shape index (κ1) is 20.1. The van der Waals surface area contributed by atoms with Crippen molar-refractivity contribution in [1.82, 2.24) is 15.5 Å². The highest BCUT2D eigenvalue weighted by Gasteiger charge is 2.25. The van der Waals surface area contributed by atoms with E-state index in [1.807, 2.05) is 12.3 Å². The van der Waals surface area contributed by atoms with Crippen molar-refractivity contribution >= 4 is 38.9 Å². The molecule has 4 N–H and O–H groups in total. The van der Waals surface area contributed by atoms with Gasteiger partial charge in [-0.05, 0) is 52.5 Å². The van der Waals surface area contributed by atoms with E-state index in [4.69, 9.17) is 5.73 Å². The number of carbonyl (C=O) groups excluding carboxylic acids is 1. The number of hydrogen-bond acceptors (Lipinski definition) is 5. The van der Waals surface area contributed by atoms with Crippen LogP contribution >= 0.6 is 27.3 Å². The van der Waals surface area contributed by atoms with Gasteiger partial charge in [0.2, 0.25) is 5.91 Å². The molecule has 3 aromatic rings. The molecule has 4 rings (SSSR count). The normalized spacial score (nSPS) is 16.9. The molecule has 1 aliphatic rings. The van der Waals surface area contributed by atoms with E-state index in [1.165, 1.54) is 11.3 Å². The topological polar surface area (TPSA) is 87.0 Å². The molecule has 3 heterocycles. The van der Waals surface area contributed by atoms with Gasteiger partial charge in [-0.1, -0.05) is 18.2 Å². The predicted octanol–water partition coefficient (Wildman–Crippen LogP) is 3.89. The first-order valence-electron chi connectivity index (χ1n) is 9.72. The van der Waals surface area contributed by atoms with Gasteiger partial charge in [0, 0.05) is 37.4 Å². The fraction of sp³-hybridized carbons (Fsp3) is 0.333. The smallest absolute Gasteiger partial charge is 0.222 e. The number of carbonyl (C=O) groups is 1. The number of anilines is 1. The summed E-state index contributed by atoms with van der Waals surface area (Å²) in [4.78, 5) is 15.1.